The van der Waals surface area contributed by atoms with Crippen molar-refractivity contribution in [3.05, 3.63) is 98.7 Å². The molecule has 0 N–H and O–H groups in total. The maximum absolute atomic E-state index is 13.4. The Morgan fingerprint density at radius 3 is 2.76 bits per heavy atom. The summed E-state index contributed by atoms with van der Waals surface area (Å²) in [5, 5.41) is 0. The second-order valence-corrected chi connectivity index (χ2v) is 9.46. The lowest BCUT2D eigenvalue weighted by Gasteiger charge is -2.13. The predicted octanol–water partition coefficient (Wildman–Crippen LogP) is 5.10. The van der Waals surface area contributed by atoms with Gasteiger partial charge in [0, 0.05) is 6.20 Å². The Morgan fingerprint density at radius 2 is 2.00 bits per heavy atom. The fraction of sp³-hybridized carbons (Fsp3) is 0.120. The summed E-state index contributed by atoms with van der Waals surface area (Å²) in [6.07, 6.45) is 4.68. The summed E-state index contributed by atoms with van der Waals surface area (Å²) >= 11 is 6.54. The highest BCUT2D eigenvalue weighted by Gasteiger charge is 2.33. The number of nitrogens with zero attached hydrogens (tertiary/aromatic N) is 3. The molecule has 9 heteroatoms. The van der Waals surface area contributed by atoms with E-state index in [4.69, 9.17) is 21.4 Å². The molecular formula is C25H19N3O4S2. The van der Waals surface area contributed by atoms with E-state index in [0.717, 1.165) is 22.9 Å². The van der Waals surface area contributed by atoms with Crippen LogP contribution in [0.4, 0.5) is 0 Å². The van der Waals surface area contributed by atoms with Crippen LogP contribution in [-0.2, 0) is 11.3 Å². The van der Waals surface area contributed by atoms with Gasteiger partial charge in [-0.1, -0.05) is 47.7 Å². The molecule has 4 aromatic rings. The van der Waals surface area contributed by atoms with Gasteiger partial charge in [0.15, 0.2) is 0 Å². The Balaban J connectivity index is 1.59. The molecule has 0 aliphatic carbocycles. The summed E-state index contributed by atoms with van der Waals surface area (Å²) in [4.78, 5) is 32.9. The normalized spacial score (nSPS) is 15.0. The SMILES string of the molecule is Cc1ccc(Oc2nc3ccccn3c(=O)c2/C=C2\SC(=S)N(Cc3ccco3)C2=O)c(C)c1. The Hall–Kier alpha value is -3.69. The minimum Gasteiger partial charge on any atom is -0.467 e. The van der Waals surface area contributed by atoms with Crippen LogP contribution in [0, 0.1) is 13.8 Å². The lowest BCUT2D eigenvalue weighted by atomic mass is 10.1. The van der Waals surface area contributed by atoms with Crippen LogP contribution in [0.1, 0.15) is 22.5 Å². The molecule has 1 saturated heterocycles. The lowest BCUT2D eigenvalue weighted by Crippen LogP contribution is -2.27. The molecule has 34 heavy (non-hydrogen) atoms. The van der Waals surface area contributed by atoms with Crippen molar-refractivity contribution in [2.75, 3.05) is 0 Å². The number of pyridine rings is 1. The van der Waals surface area contributed by atoms with Gasteiger partial charge in [-0.25, -0.2) is 0 Å². The Kier molecular flexibility index (Phi) is 5.80. The van der Waals surface area contributed by atoms with Gasteiger partial charge < -0.3 is 9.15 Å². The maximum atomic E-state index is 13.4. The number of hydrogen-bond acceptors (Lipinski definition) is 7. The van der Waals surface area contributed by atoms with E-state index in [2.05, 4.69) is 4.98 Å². The van der Waals surface area contributed by atoms with Crippen LogP contribution >= 0.6 is 24.0 Å². The highest BCUT2D eigenvalue weighted by atomic mass is 32.2. The van der Waals surface area contributed by atoms with Crippen LogP contribution in [0.5, 0.6) is 11.6 Å². The molecule has 0 radical (unpaired) electrons. The molecule has 4 heterocycles. The zero-order valence-corrected chi connectivity index (χ0v) is 20.0. The van der Waals surface area contributed by atoms with Crippen LogP contribution in [0.3, 0.4) is 0 Å². The average Bonchev–Trinajstić information content (AvgIpc) is 3.42. The van der Waals surface area contributed by atoms with Gasteiger partial charge in [0.05, 0.1) is 17.7 Å². The zero-order chi connectivity index (χ0) is 23.8. The van der Waals surface area contributed by atoms with Crippen LogP contribution in [0.25, 0.3) is 11.7 Å². The van der Waals surface area contributed by atoms with Crippen molar-refractivity contribution in [3.8, 4) is 11.6 Å². The number of furan rings is 1. The molecule has 3 aromatic heterocycles. The number of hydrogen-bond donors (Lipinski definition) is 0. The van der Waals surface area contributed by atoms with E-state index in [1.807, 2.05) is 32.0 Å². The number of carbonyl (C=O) groups is 1. The number of aryl methyl sites for hydroxylation is 2. The van der Waals surface area contributed by atoms with E-state index in [0.29, 0.717) is 26.4 Å². The third-order valence-corrected chi connectivity index (χ3v) is 6.69. The fourth-order valence-electron chi connectivity index (χ4n) is 3.63. The number of thiocarbonyl (C=S) groups is 1. The Labute approximate surface area is 204 Å². The summed E-state index contributed by atoms with van der Waals surface area (Å²) in [5.41, 5.74) is 2.27. The molecule has 1 aliphatic rings. The maximum Gasteiger partial charge on any atom is 0.269 e. The average molecular weight is 490 g/mol. The van der Waals surface area contributed by atoms with E-state index < -0.39 is 0 Å². The number of ether oxygens (including phenoxy) is 1. The number of amides is 1. The first kappa shape index (κ1) is 22.1. The van der Waals surface area contributed by atoms with Gasteiger partial charge in [0.1, 0.15) is 27.0 Å². The largest absolute Gasteiger partial charge is 0.467 e. The second kappa shape index (κ2) is 8.92. The van der Waals surface area contributed by atoms with Crippen molar-refractivity contribution in [1.82, 2.24) is 14.3 Å². The van der Waals surface area contributed by atoms with Crippen molar-refractivity contribution >= 4 is 45.9 Å². The monoisotopic (exact) mass is 489 g/mol. The lowest BCUT2D eigenvalue weighted by molar-refractivity contribution is -0.122. The van der Waals surface area contributed by atoms with E-state index >= 15 is 0 Å². The third kappa shape index (κ3) is 4.15. The molecule has 170 valence electrons. The van der Waals surface area contributed by atoms with Crippen LogP contribution in [0.15, 0.2) is 75.1 Å². The predicted molar refractivity (Wildman–Crippen MR) is 135 cm³/mol. The van der Waals surface area contributed by atoms with Crippen molar-refractivity contribution in [3.63, 3.8) is 0 Å². The molecule has 7 nitrogen and oxygen atoms in total. The van der Waals surface area contributed by atoms with Crippen molar-refractivity contribution in [2.24, 2.45) is 0 Å². The number of aromatic nitrogens is 2. The smallest absolute Gasteiger partial charge is 0.269 e. The number of thioether (sulfide) groups is 1. The highest BCUT2D eigenvalue weighted by Crippen LogP contribution is 2.35. The zero-order valence-electron chi connectivity index (χ0n) is 18.3. The van der Waals surface area contributed by atoms with Gasteiger partial charge in [0.2, 0.25) is 5.88 Å². The Bertz CT molecular complexity index is 1520. The van der Waals surface area contributed by atoms with Crippen LogP contribution < -0.4 is 10.3 Å². The molecule has 0 bridgehead atoms. The standard InChI is InChI=1S/C25H19N3O4S2/c1-15-8-9-19(16(2)12-15)32-22-18(23(29)27-10-4-3-7-21(27)26-22)13-20-24(30)28(25(33)34-20)14-17-6-5-11-31-17/h3-13H,14H2,1-2H3/b20-13-. The van der Waals surface area contributed by atoms with Gasteiger partial charge >= 0.3 is 0 Å². The van der Waals surface area contributed by atoms with E-state index in [9.17, 15) is 9.59 Å². The van der Waals surface area contributed by atoms with Crippen molar-refractivity contribution in [2.45, 2.75) is 20.4 Å². The molecule has 0 saturated carbocycles. The second-order valence-electron chi connectivity index (χ2n) is 7.78. The van der Waals surface area contributed by atoms with Gasteiger partial charge in [-0.2, -0.15) is 4.98 Å². The number of benzene rings is 1. The first-order chi connectivity index (χ1) is 16.4. The number of fused-ring (bicyclic) bond motifs is 1. The molecule has 1 aromatic carbocycles. The number of rotatable bonds is 5. The number of carbonyl (C=O) groups excluding carboxylic acids is 1. The molecule has 0 atom stereocenters. The topological polar surface area (TPSA) is 77.1 Å². The summed E-state index contributed by atoms with van der Waals surface area (Å²) in [6.45, 7) is 4.14. The molecular weight excluding hydrogens is 470 g/mol. The van der Waals surface area contributed by atoms with Crippen LogP contribution in [-0.4, -0.2) is 24.5 Å². The van der Waals surface area contributed by atoms with Gasteiger partial charge in [0.25, 0.3) is 11.5 Å². The van der Waals surface area contributed by atoms with Crippen molar-refractivity contribution in [1.29, 1.82) is 0 Å². The first-order valence-electron chi connectivity index (χ1n) is 10.4. The van der Waals surface area contributed by atoms with Gasteiger partial charge in [-0.05, 0) is 55.8 Å². The molecule has 5 rings (SSSR count). The minimum absolute atomic E-state index is 0.124. The highest BCUT2D eigenvalue weighted by molar-refractivity contribution is 8.26. The van der Waals surface area contributed by atoms with E-state index in [1.165, 1.54) is 15.4 Å². The summed E-state index contributed by atoms with van der Waals surface area (Å²) in [5.74, 6) is 1.02. The first-order valence-corrected chi connectivity index (χ1v) is 11.7. The molecule has 0 spiro atoms. The van der Waals surface area contributed by atoms with Crippen LogP contribution in [0.2, 0.25) is 0 Å². The fourth-order valence-corrected chi connectivity index (χ4v) is 4.86. The van der Waals surface area contributed by atoms with Gasteiger partial charge in [-0.3, -0.25) is 18.9 Å². The van der Waals surface area contributed by atoms with Gasteiger partial charge in [-0.15, -0.1) is 0 Å². The molecule has 1 amide bonds. The Morgan fingerprint density at radius 1 is 1.15 bits per heavy atom. The molecule has 0 unspecified atom stereocenters. The summed E-state index contributed by atoms with van der Waals surface area (Å²) in [6, 6.07) is 14.5. The third-order valence-electron chi connectivity index (χ3n) is 5.31. The van der Waals surface area contributed by atoms with E-state index in [-0.39, 0.29) is 29.5 Å². The molecule has 1 aliphatic heterocycles. The quantitative estimate of drug-likeness (QED) is 0.285. The summed E-state index contributed by atoms with van der Waals surface area (Å²) in [7, 11) is 0. The van der Waals surface area contributed by atoms with Crippen molar-refractivity contribution < 1.29 is 13.9 Å². The molecule has 1 fully saturated rings. The van der Waals surface area contributed by atoms with E-state index in [1.54, 1.807) is 42.8 Å². The summed E-state index contributed by atoms with van der Waals surface area (Å²) < 4.78 is 13.3. The minimum atomic E-state index is -0.346.